The van der Waals surface area contributed by atoms with Crippen molar-refractivity contribution in [1.29, 1.82) is 0 Å². The molecule has 0 saturated heterocycles. The van der Waals surface area contributed by atoms with E-state index in [1.54, 1.807) is 4.68 Å². The van der Waals surface area contributed by atoms with Gasteiger partial charge >= 0.3 is 0 Å². The van der Waals surface area contributed by atoms with E-state index in [0.29, 0.717) is 0 Å². The van der Waals surface area contributed by atoms with Gasteiger partial charge in [0.2, 0.25) is 0 Å². The fraction of sp³-hybridized carbons (Fsp3) is 0.769. The molecule has 0 aromatic carbocycles. The lowest BCUT2D eigenvalue weighted by Gasteiger charge is -2.31. The Morgan fingerprint density at radius 2 is 2.00 bits per heavy atom. The van der Waals surface area contributed by atoms with E-state index in [9.17, 15) is 0 Å². The highest BCUT2D eigenvalue weighted by Gasteiger charge is 2.20. The third kappa shape index (κ3) is 2.83. The van der Waals surface area contributed by atoms with Gasteiger partial charge in [0.25, 0.3) is 0 Å². The van der Waals surface area contributed by atoms with Gasteiger partial charge in [-0.3, -0.25) is 9.58 Å². The minimum Gasteiger partial charge on any atom is -0.299 e. The highest BCUT2D eigenvalue weighted by atomic mass is 35.5. The smallest absolute Gasteiger partial charge is 0.131 e. The van der Waals surface area contributed by atoms with Crippen LogP contribution >= 0.6 is 11.6 Å². The first-order chi connectivity index (χ1) is 8.09. The Bertz CT molecular complexity index is 380. The zero-order chi connectivity index (χ0) is 12.4. The molecule has 0 atom stereocenters. The number of aryl methyl sites for hydroxylation is 2. The molecular weight excluding hydrogens is 234 g/mol. The van der Waals surface area contributed by atoms with Crippen molar-refractivity contribution in [2.75, 3.05) is 7.05 Å². The fourth-order valence-corrected chi connectivity index (χ4v) is 2.99. The van der Waals surface area contributed by atoms with Gasteiger partial charge in [-0.1, -0.05) is 30.9 Å². The summed E-state index contributed by atoms with van der Waals surface area (Å²) in [6, 6.07) is 0.722. The predicted molar refractivity (Wildman–Crippen MR) is 71.3 cm³/mol. The summed E-state index contributed by atoms with van der Waals surface area (Å²) >= 11 is 6.27. The molecule has 1 aliphatic rings. The first kappa shape index (κ1) is 12.9. The van der Waals surface area contributed by atoms with Crippen LogP contribution in [0.15, 0.2) is 0 Å². The Labute approximate surface area is 109 Å². The highest BCUT2D eigenvalue weighted by molar-refractivity contribution is 6.30. The van der Waals surface area contributed by atoms with Crippen LogP contribution in [-0.2, 0) is 13.6 Å². The molecule has 4 heteroatoms. The first-order valence-electron chi connectivity index (χ1n) is 6.48. The lowest BCUT2D eigenvalue weighted by molar-refractivity contribution is 0.184. The van der Waals surface area contributed by atoms with E-state index in [0.717, 1.165) is 23.4 Å². The van der Waals surface area contributed by atoms with E-state index >= 15 is 0 Å². The maximum atomic E-state index is 6.27. The molecule has 0 spiro atoms. The number of halogens is 1. The average molecular weight is 256 g/mol. The summed E-state index contributed by atoms with van der Waals surface area (Å²) in [7, 11) is 4.11. The molecule has 96 valence electrons. The van der Waals surface area contributed by atoms with Crippen LogP contribution in [0.2, 0.25) is 5.15 Å². The van der Waals surface area contributed by atoms with Crippen LogP contribution in [0.25, 0.3) is 0 Å². The molecule has 2 rings (SSSR count). The second-order valence-electron chi connectivity index (χ2n) is 5.19. The molecule has 0 unspecified atom stereocenters. The van der Waals surface area contributed by atoms with E-state index in [4.69, 9.17) is 11.6 Å². The minimum absolute atomic E-state index is 0.722. The van der Waals surface area contributed by atoms with E-state index in [1.807, 2.05) is 14.0 Å². The Kier molecular flexibility index (Phi) is 4.10. The largest absolute Gasteiger partial charge is 0.299 e. The molecule has 17 heavy (non-hydrogen) atoms. The van der Waals surface area contributed by atoms with Gasteiger partial charge in [0.05, 0.1) is 5.69 Å². The van der Waals surface area contributed by atoms with Crippen molar-refractivity contribution in [2.24, 2.45) is 7.05 Å². The normalized spacial score (nSPS) is 17.9. The fourth-order valence-electron chi connectivity index (χ4n) is 2.75. The number of nitrogens with zero attached hydrogens (tertiary/aromatic N) is 3. The van der Waals surface area contributed by atoms with Crippen molar-refractivity contribution in [1.82, 2.24) is 14.7 Å². The third-order valence-electron chi connectivity index (χ3n) is 3.88. The van der Waals surface area contributed by atoms with Gasteiger partial charge in [-0.2, -0.15) is 5.10 Å². The summed E-state index contributed by atoms with van der Waals surface area (Å²) in [5.74, 6) is 0. The Morgan fingerprint density at radius 1 is 1.35 bits per heavy atom. The lowest BCUT2D eigenvalue weighted by atomic mass is 9.94. The van der Waals surface area contributed by atoms with Crippen LogP contribution in [0, 0.1) is 6.92 Å². The van der Waals surface area contributed by atoms with E-state index in [1.165, 1.54) is 37.7 Å². The van der Waals surface area contributed by atoms with Gasteiger partial charge in [0, 0.05) is 25.2 Å². The molecule has 0 N–H and O–H groups in total. The number of aromatic nitrogens is 2. The maximum absolute atomic E-state index is 6.27. The molecule has 1 aromatic heterocycles. The van der Waals surface area contributed by atoms with Gasteiger partial charge in [-0.05, 0) is 26.8 Å². The molecule has 3 nitrogen and oxygen atoms in total. The van der Waals surface area contributed by atoms with Crippen LogP contribution in [0.4, 0.5) is 0 Å². The summed E-state index contributed by atoms with van der Waals surface area (Å²) < 4.78 is 1.76. The van der Waals surface area contributed by atoms with Crippen LogP contribution in [0.3, 0.4) is 0 Å². The maximum Gasteiger partial charge on any atom is 0.131 e. The molecular formula is C13H22ClN3. The van der Waals surface area contributed by atoms with Crippen molar-refractivity contribution in [3.8, 4) is 0 Å². The number of rotatable bonds is 3. The highest BCUT2D eigenvalue weighted by Crippen LogP contribution is 2.25. The topological polar surface area (TPSA) is 21.1 Å². The summed E-state index contributed by atoms with van der Waals surface area (Å²) in [5.41, 5.74) is 2.24. The van der Waals surface area contributed by atoms with Crippen molar-refractivity contribution in [3.05, 3.63) is 16.4 Å². The molecule has 0 radical (unpaired) electrons. The first-order valence-corrected chi connectivity index (χ1v) is 6.85. The lowest BCUT2D eigenvalue weighted by Crippen LogP contribution is -2.33. The van der Waals surface area contributed by atoms with Crippen molar-refractivity contribution >= 4 is 11.6 Å². The quantitative estimate of drug-likeness (QED) is 0.827. The van der Waals surface area contributed by atoms with Crippen molar-refractivity contribution < 1.29 is 0 Å². The van der Waals surface area contributed by atoms with Crippen LogP contribution in [0.1, 0.15) is 43.4 Å². The average Bonchev–Trinajstić information content (AvgIpc) is 2.57. The van der Waals surface area contributed by atoms with E-state index < -0.39 is 0 Å². The van der Waals surface area contributed by atoms with Crippen LogP contribution in [0.5, 0.6) is 0 Å². The summed E-state index contributed by atoms with van der Waals surface area (Å²) in [6.07, 6.45) is 6.79. The van der Waals surface area contributed by atoms with Gasteiger partial charge < -0.3 is 0 Å². The summed E-state index contributed by atoms with van der Waals surface area (Å²) in [6.45, 7) is 2.96. The molecule has 1 fully saturated rings. The molecule has 0 aliphatic heterocycles. The van der Waals surface area contributed by atoms with Crippen molar-refractivity contribution in [3.63, 3.8) is 0 Å². The standard InChI is InChI=1S/C13H22ClN3/c1-10-12(13(14)17(3)15-10)9-16(2)11-7-5-4-6-8-11/h11H,4-9H2,1-3H3. The Hall–Kier alpha value is -0.540. The van der Waals surface area contributed by atoms with E-state index in [-0.39, 0.29) is 0 Å². The molecule has 1 aliphatic carbocycles. The SMILES string of the molecule is Cc1nn(C)c(Cl)c1CN(C)C1CCCCC1. The second kappa shape index (κ2) is 5.40. The number of hydrogen-bond donors (Lipinski definition) is 0. The van der Waals surface area contributed by atoms with Gasteiger partial charge in [-0.25, -0.2) is 0 Å². The zero-order valence-electron chi connectivity index (χ0n) is 11.0. The summed E-state index contributed by atoms with van der Waals surface area (Å²) in [5, 5.41) is 5.15. The van der Waals surface area contributed by atoms with Crippen LogP contribution < -0.4 is 0 Å². The zero-order valence-corrected chi connectivity index (χ0v) is 11.8. The molecule has 1 aromatic rings. The monoisotopic (exact) mass is 255 g/mol. The Morgan fingerprint density at radius 3 is 2.53 bits per heavy atom. The van der Waals surface area contributed by atoms with Gasteiger partial charge in [-0.15, -0.1) is 0 Å². The summed E-state index contributed by atoms with van der Waals surface area (Å²) in [4.78, 5) is 2.44. The second-order valence-corrected chi connectivity index (χ2v) is 5.54. The van der Waals surface area contributed by atoms with Gasteiger partial charge in [0.1, 0.15) is 5.15 Å². The van der Waals surface area contributed by atoms with Crippen LogP contribution in [-0.4, -0.2) is 27.8 Å². The predicted octanol–water partition coefficient (Wildman–Crippen LogP) is 3.15. The minimum atomic E-state index is 0.722. The number of hydrogen-bond acceptors (Lipinski definition) is 2. The van der Waals surface area contributed by atoms with E-state index in [2.05, 4.69) is 17.0 Å². The molecule has 1 saturated carbocycles. The molecule has 0 amide bonds. The third-order valence-corrected chi connectivity index (χ3v) is 4.35. The van der Waals surface area contributed by atoms with Crippen molar-refractivity contribution in [2.45, 2.75) is 51.6 Å². The molecule has 0 bridgehead atoms. The molecule has 1 heterocycles. The van der Waals surface area contributed by atoms with Gasteiger partial charge in [0.15, 0.2) is 0 Å². The Balaban J connectivity index is 2.04.